The molecule has 1 N–H and O–H groups in total. The van der Waals surface area contributed by atoms with E-state index in [9.17, 15) is 0 Å². The van der Waals surface area contributed by atoms with Gasteiger partial charge in [0.1, 0.15) is 0 Å². The molecular formula is C16H21N3. The number of nitrogens with zero attached hydrogens (tertiary/aromatic N) is 2. The lowest BCUT2D eigenvalue weighted by atomic mass is 9.75. The molecule has 3 rings (SSSR count). The van der Waals surface area contributed by atoms with Crippen molar-refractivity contribution in [1.29, 1.82) is 0 Å². The standard InChI is InChI=1S/C16H21N3/c1-16(2)9-5-7-13(10-16)18-15-14-8-4-3-6-12(14)11-17-19-15/h3-4,6,8,11,13H,5,7,9-10H2,1-2H3,(H,18,19). The van der Waals surface area contributed by atoms with Crippen molar-refractivity contribution in [2.75, 3.05) is 5.32 Å². The predicted molar refractivity (Wildman–Crippen MR) is 79.2 cm³/mol. The number of hydrogen-bond acceptors (Lipinski definition) is 3. The summed E-state index contributed by atoms with van der Waals surface area (Å²) in [6, 6.07) is 8.81. The Hall–Kier alpha value is -1.64. The molecular weight excluding hydrogens is 234 g/mol. The fourth-order valence-corrected chi connectivity index (χ4v) is 3.15. The second-order valence-corrected chi connectivity index (χ2v) is 6.38. The van der Waals surface area contributed by atoms with Crippen LogP contribution >= 0.6 is 0 Å². The number of aromatic nitrogens is 2. The van der Waals surface area contributed by atoms with Gasteiger partial charge in [-0.1, -0.05) is 44.5 Å². The molecule has 0 aliphatic heterocycles. The molecule has 1 aliphatic carbocycles. The maximum absolute atomic E-state index is 4.29. The third kappa shape index (κ3) is 2.70. The SMILES string of the molecule is CC1(C)CCCC(Nc2nncc3ccccc23)C1. The largest absolute Gasteiger partial charge is 0.365 e. The quantitative estimate of drug-likeness (QED) is 0.881. The van der Waals surface area contributed by atoms with Crippen LogP contribution in [0.15, 0.2) is 30.5 Å². The average molecular weight is 255 g/mol. The molecule has 0 amide bonds. The first-order valence-electron chi connectivity index (χ1n) is 7.11. The van der Waals surface area contributed by atoms with Gasteiger partial charge in [-0.3, -0.25) is 0 Å². The summed E-state index contributed by atoms with van der Waals surface area (Å²) in [5.41, 5.74) is 0.438. The fourth-order valence-electron chi connectivity index (χ4n) is 3.15. The van der Waals surface area contributed by atoms with Crippen LogP contribution in [0.25, 0.3) is 10.8 Å². The molecule has 0 saturated heterocycles. The van der Waals surface area contributed by atoms with E-state index in [0.29, 0.717) is 11.5 Å². The Morgan fingerprint density at radius 3 is 2.95 bits per heavy atom. The van der Waals surface area contributed by atoms with E-state index in [-0.39, 0.29) is 0 Å². The van der Waals surface area contributed by atoms with E-state index in [1.54, 1.807) is 0 Å². The maximum Gasteiger partial charge on any atom is 0.156 e. The fraction of sp³-hybridized carbons (Fsp3) is 0.500. The molecule has 1 heterocycles. The molecule has 1 atom stereocenters. The minimum Gasteiger partial charge on any atom is -0.365 e. The average Bonchev–Trinajstić information content (AvgIpc) is 2.38. The van der Waals surface area contributed by atoms with Gasteiger partial charge in [0.2, 0.25) is 0 Å². The van der Waals surface area contributed by atoms with Gasteiger partial charge in [-0.05, 0) is 24.7 Å². The summed E-state index contributed by atoms with van der Waals surface area (Å²) in [5, 5.41) is 14.3. The van der Waals surface area contributed by atoms with Crippen molar-refractivity contribution in [3.05, 3.63) is 30.5 Å². The number of hydrogen-bond donors (Lipinski definition) is 1. The van der Waals surface area contributed by atoms with Gasteiger partial charge < -0.3 is 5.32 Å². The number of benzene rings is 1. The molecule has 0 spiro atoms. The van der Waals surface area contributed by atoms with Crippen LogP contribution in [-0.4, -0.2) is 16.2 Å². The Bertz CT molecular complexity index is 572. The van der Waals surface area contributed by atoms with E-state index in [4.69, 9.17) is 0 Å². The Morgan fingerprint density at radius 1 is 1.26 bits per heavy atom. The smallest absolute Gasteiger partial charge is 0.156 e. The molecule has 0 radical (unpaired) electrons. The highest BCUT2D eigenvalue weighted by atomic mass is 15.2. The molecule has 1 aromatic heterocycles. The highest BCUT2D eigenvalue weighted by Gasteiger charge is 2.28. The summed E-state index contributed by atoms with van der Waals surface area (Å²) in [4.78, 5) is 0. The van der Waals surface area contributed by atoms with Crippen LogP contribution in [0.4, 0.5) is 5.82 Å². The molecule has 0 bridgehead atoms. The number of nitrogens with one attached hydrogen (secondary N) is 1. The molecule has 100 valence electrons. The lowest BCUT2D eigenvalue weighted by Crippen LogP contribution is -2.32. The molecule has 2 aromatic rings. The van der Waals surface area contributed by atoms with Gasteiger partial charge in [-0.15, -0.1) is 5.10 Å². The summed E-state index contributed by atoms with van der Waals surface area (Å²) in [6.07, 6.45) is 6.88. The first-order valence-corrected chi connectivity index (χ1v) is 7.11. The van der Waals surface area contributed by atoms with Crippen molar-refractivity contribution < 1.29 is 0 Å². The minimum atomic E-state index is 0.438. The number of rotatable bonds is 2. The highest BCUT2D eigenvalue weighted by Crippen LogP contribution is 2.36. The summed E-state index contributed by atoms with van der Waals surface area (Å²) in [7, 11) is 0. The van der Waals surface area contributed by atoms with Gasteiger partial charge in [0.15, 0.2) is 5.82 Å². The van der Waals surface area contributed by atoms with Gasteiger partial charge in [0, 0.05) is 16.8 Å². The molecule has 19 heavy (non-hydrogen) atoms. The lowest BCUT2D eigenvalue weighted by Gasteiger charge is -2.35. The normalized spacial score (nSPS) is 22.3. The van der Waals surface area contributed by atoms with Crippen LogP contribution in [0, 0.1) is 5.41 Å². The second-order valence-electron chi connectivity index (χ2n) is 6.38. The van der Waals surface area contributed by atoms with E-state index in [2.05, 4.69) is 47.6 Å². The zero-order valence-corrected chi connectivity index (χ0v) is 11.7. The first kappa shape index (κ1) is 12.4. The van der Waals surface area contributed by atoms with Crippen molar-refractivity contribution in [3.8, 4) is 0 Å². The van der Waals surface area contributed by atoms with E-state index >= 15 is 0 Å². The van der Waals surface area contributed by atoms with Crippen molar-refractivity contribution in [2.24, 2.45) is 5.41 Å². The number of anilines is 1. The minimum absolute atomic E-state index is 0.438. The summed E-state index contributed by atoms with van der Waals surface area (Å²) in [5.74, 6) is 0.931. The van der Waals surface area contributed by atoms with Crippen LogP contribution in [0.1, 0.15) is 39.5 Å². The van der Waals surface area contributed by atoms with Crippen LogP contribution in [-0.2, 0) is 0 Å². The Labute approximate surface area is 114 Å². The third-order valence-corrected chi connectivity index (χ3v) is 4.12. The van der Waals surface area contributed by atoms with E-state index in [0.717, 1.165) is 11.2 Å². The van der Waals surface area contributed by atoms with Gasteiger partial charge in [-0.2, -0.15) is 5.10 Å². The van der Waals surface area contributed by atoms with Crippen LogP contribution in [0.3, 0.4) is 0 Å². The zero-order valence-electron chi connectivity index (χ0n) is 11.7. The Balaban J connectivity index is 1.85. The van der Waals surface area contributed by atoms with E-state index < -0.39 is 0 Å². The molecule has 3 nitrogen and oxygen atoms in total. The molecule has 3 heteroatoms. The van der Waals surface area contributed by atoms with E-state index in [1.165, 1.54) is 31.1 Å². The zero-order chi connectivity index (χ0) is 13.3. The maximum atomic E-state index is 4.29. The summed E-state index contributed by atoms with van der Waals surface area (Å²) >= 11 is 0. The van der Waals surface area contributed by atoms with Crippen LogP contribution in [0.2, 0.25) is 0 Å². The van der Waals surface area contributed by atoms with Gasteiger partial charge in [0.25, 0.3) is 0 Å². The highest BCUT2D eigenvalue weighted by molar-refractivity contribution is 5.90. The molecule has 1 unspecified atom stereocenters. The molecule has 1 fully saturated rings. The topological polar surface area (TPSA) is 37.8 Å². The summed E-state index contributed by atoms with van der Waals surface area (Å²) < 4.78 is 0. The number of fused-ring (bicyclic) bond motifs is 1. The Morgan fingerprint density at radius 2 is 2.11 bits per heavy atom. The third-order valence-electron chi connectivity index (χ3n) is 4.12. The van der Waals surface area contributed by atoms with Gasteiger partial charge in [0.05, 0.1) is 6.20 Å². The Kier molecular flexibility index (Phi) is 3.13. The van der Waals surface area contributed by atoms with Crippen LogP contribution in [0.5, 0.6) is 0 Å². The first-order chi connectivity index (χ1) is 9.14. The van der Waals surface area contributed by atoms with E-state index in [1.807, 2.05) is 12.3 Å². The molecule has 1 aromatic carbocycles. The van der Waals surface area contributed by atoms with Gasteiger partial charge in [-0.25, -0.2) is 0 Å². The van der Waals surface area contributed by atoms with Crippen molar-refractivity contribution in [1.82, 2.24) is 10.2 Å². The van der Waals surface area contributed by atoms with Crippen molar-refractivity contribution in [2.45, 2.75) is 45.6 Å². The lowest BCUT2D eigenvalue weighted by molar-refractivity contribution is 0.229. The van der Waals surface area contributed by atoms with Crippen molar-refractivity contribution in [3.63, 3.8) is 0 Å². The predicted octanol–water partition coefficient (Wildman–Crippen LogP) is 4.01. The monoisotopic (exact) mass is 255 g/mol. The van der Waals surface area contributed by atoms with Crippen molar-refractivity contribution >= 4 is 16.6 Å². The summed E-state index contributed by atoms with van der Waals surface area (Å²) in [6.45, 7) is 4.71. The molecule has 1 saturated carbocycles. The molecule has 1 aliphatic rings. The van der Waals surface area contributed by atoms with Crippen LogP contribution < -0.4 is 5.32 Å². The second kappa shape index (κ2) is 4.80. The van der Waals surface area contributed by atoms with Gasteiger partial charge >= 0.3 is 0 Å².